The summed E-state index contributed by atoms with van der Waals surface area (Å²) in [7, 11) is 0. The summed E-state index contributed by atoms with van der Waals surface area (Å²) in [6, 6.07) is 6.04. The molecule has 1 N–H and O–H groups in total. The van der Waals surface area contributed by atoms with Crippen molar-refractivity contribution in [3.63, 3.8) is 0 Å². The Hall–Kier alpha value is -2.15. The predicted octanol–water partition coefficient (Wildman–Crippen LogP) is 1.44. The average molecular weight is 190 g/mol. The molecule has 0 bridgehead atoms. The van der Waals surface area contributed by atoms with Gasteiger partial charge in [0.25, 0.3) is 5.91 Å². The van der Waals surface area contributed by atoms with E-state index in [1.807, 2.05) is 5.32 Å². The molecule has 0 saturated carbocycles. The lowest BCUT2D eigenvalue weighted by Crippen LogP contribution is -2.13. The van der Waals surface area contributed by atoms with Crippen molar-refractivity contribution in [2.75, 3.05) is 0 Å². The number of rotatable bonds is 2. The number of nitriles is 1. The van der Waals surface area contributed by atoms with Gasteiger partial charge in [0.15, 0.2) is 6.19 Å². The van der Waals surface area contributed by atoms with Crippen LogP contribution in [0.3, 0.4) is 0 Å². The van der Waals surface area contributed by atoms with Crippen molar-refractivity contribution in [2.24, 2.45) is 0 Å². The van der Waals surface area contributed by atoms with E-state index in [1.165, 1.54) is 24.4 Å². The van der Waals surface area contributed by atoms with Crippen molar-refractivity contribution in [3.8, 4) is 6.19 Å². The molecule has 1 aromatic rings. The fourth-order valence-electron chi connectivity index (χ4n) is 0.872. The second kappa shape index (κ2) is 4.77. The van der Waals surface area contributed by atoms with Crippen LogP contribution in [-0.2, 0) is 4.79 Å². The van der Waals surface area contributed by atoms with Crippen LogP contribution in [0.1, 0.15) is 5.56 Å². The van der Waals surface area contributed by atoms with Gasteiger partial charge in [-0.25, -0.2) is 4.39 Å². The van der Waals surface area contributed by atoms with Gasteiger partial charge in [-0.2, -0.15) is 5.26 Å². The van der Waals surface area contributed by atoms with Crippen LogP contribution in [0.15, 0.2) is 30.3 Å². The number of carbonyl (C=O) groups excluding carboxylic acids is 1. The van der Waals surface area contributed by atoms with E-state index in [0.717, 1.165) is 6.08 Å². The zero-order valence-corrected chi connectivity index (χ0v) is 7.20. The van der Waals surface area contributed by atoms with Crippen molar-refractivity contribution in [1.29, 1.82) is 5.26 Å². The zero-order valence-electron chi connectivity index (χ0n) is 7.20. The van der Waals surface area contributed by atoms with Gasteiger partial charge in [0.2, 0.25) is 0 Å². The maximum Gasteiger partial charge on any atom is 0.256 e. The number of hydrogen-bond acceptors (Lipinski definition) is 2. The Bertz CT molecular complexity index is 407. The molecule has 0 heterocycles. The smallest absolute Gasteiger partial charge is 0.256 e. The van der Waals surface area contributed by atoms with E-state index in [9.17, 15) is 9.18 Å². The maximum atomic E-state index is 13.0. The van der Waals surface area contributed by atoms with Crippen LogP contribution in [-0.4, -0.2) is 5.91 Å². The van der Waals surface area contributed by atoms with Crippen molar-refractivity contribution in [1.82, 2.24) is 5.32 Å². The summed E-state index contributed by atoms with van der Waals surface area (Å²) in [5.41, 5.74) is 0.306. The Kier molecular flexibility index (Phi) is 3.39. The fourth-order valence-corrected chi connectivity index (χ4v) is 0.872. The highest BCUT2D eigenvalue weighted by molar-refractivity contribution is 5.92. The highest BCUT2D eigenvalue weighted by Crippen LogP contribution is 2.07. The van der Waals surface area contributed by atoms with Gasteiger partial charge in [-0.15, -0.1) is 0 Å². The molecule has 0 aliphatic heterocycles. The lowest BCUT2D eigenvalue weighted by Gasteiger charge is -1.93. The Labute approximate surface area is 80.5 Å². The lowest BCUT2D eigenvalue weighted by atomic mass is 10.2. The number of carbonyl (C=O) groups is 1. The van der Waals surface area contributed by atoms with E-state index in [1.54, 1.807) is 12.1 Å². The molecule has 4 heteroatoms. The lowest BCUT2D eigenvalue weighted by molar-refractivity contribution is -0.115. The molecule has 0 fully saturated rings. The van der Waals surface area contributed by atoms with Gasteiger partial charge < -0.3 is 0 Å². The first-order chi connectivity index (χ1) is 6.74. The SMILES string of the molecule is N#CNC(=O)C=Cc1ccccc1F. The van der Waals surface area contributed by atoms with Gasteiger partial charge >= 0.3 is 0 Å². The van der Waals surface area contributed by atoms with E-state index in [2.05, 4.69) is 0 Å². The summed E-state index contributed by atoms with van der Waals surface area (Å²) in [5.74, 6) is -0.982. The molecule has 3 nitrogen and oxygen atoms in total. The first-order valence-electron chi connectivity index (χ1n) is 3.85. The third kappa shape index (κ3) is 2.72. The molecule has 0 radical (unpaired) electrons. The Morgan fingerprint density at radius 2 is 2.21 bits per heavy atom. The second-order valence-corrected chi connectivity index (χ2v) is 2.46. The normalized spacial score (nSPS) is 9.71. The molecule has 1 aromatic carbocycles. The summed E-state index contributed by atoms with van der Waals surface area (Å²) in [6.45, 7) is 0. The summed E-state index contributed by atoms with van der Waals surface area (Å²) in [5, 5.41) is 9.99. The Balaban J connectivity index is 2.75. The van der Waals surface area contributed by atoms with Crippen LogP contribution in [0.25, 0.3) is 6.08 Å². The minimum atomic E-state index is -0.573. The molecule has 0 unspecified atom stereocenters. The van der Waals surface area contributed by atoms with Gasteiger partial charge in [-0.05, 0) is 12.1 Å². The third-order valence-corrected chi connectivity index (χ3v) is 1.50. The van der Waals surface area contributed by atoms with Crippen molar-refractivity contribution in [3.05, 3.63) is 41.7 Å². The minimum absolute atomic E-state index is 0.306. The number of halogens is 1. The van der Waals surface area contributed by atoms with E-state index < -0.39 is 11.7 Å². The van der Waals surface area contributed by atoms with Gasteiger partial charge in [-0.3, -0.25) is 10.1 Å². The van der Waals surface area contributed by atoms with Crippen LogP contribution in [0, 0.1) is 17.3 Å². The van der Waals surface area contributed by atoms with E-state index in [0.29, 0.717) is 5.56 Å². The van der Waals surface area contributed by atoms with E-state index in [-0.39, 0.29) is 0 Å². The average Bonchev–Trinajstić information content (AvgIpc) is 2.17. The van der Waals surface area contributed by atoms with Crippen LogP contribution >= 0.6 is 0 Å². The van der Waals surface area contributed by atoms with Crippen LogP contribution in [0.5, 0.6) is 0 Å². The molecule has 1 amide bonds. The number of nitrogens with zero attached hydrogens (tertiary/aromatic N) is 1. The molecular weight excluding hydrogens is 183 g/mol. The molecule has 0 spiro atoms. The highest BCUT2D eigenvalue weighted by atomic mass is 19.1. The van der Waals surface area contributed by atoms with E-state index >= 15 is 0 Å². The van der Waals surface area contributed by atoms with Crippen molar-refractivity contribution < 1.29 is 9.18 Å². The quantitative estimate of drug-likeness (QED) is 0.435. The van der Waals surface area contributed by atoms with Crippen molar-refractivity contribution in [2.45, 2.75) is 0 Å². The molecule has 0 aliphatic carbocycles. The third-order valence-electron chi connectivity index (χ3n) is 1.50. The van der Waals surface area contributed by atoms with Crippen LogP contribution < -0.4 is 5.32 Å². The summed E-state index contributed by atoms with van der Waals surface area (Å²) >= 11 is 0. The van der Waals surface area contributed by atoms with Gasteiger partial charge in [0, 0.05) is 11.6 Å². The standard InChI is InChI=1S/C10H7FN2O/c11-9-4-2-1-3-8(9)5-6-10(14)13-7-12/h1-6H,(H,13,14). The Morgan fingerprint density at radius 1 is 1.50 bits per heavy atom. The van der Waals surface area contributed by atoms with Gasteiger partial charge in [-0.1, -0.05) is 18.2 Å². The molecular formula is C10H7FN2O. The Morgan fingerprint density at radius 3 is 2.86 bits per heavy atom. The predicted molar refractivity (Wildman–Crippen MR) is 49.2 cm³/mol. The number of benzene rings is 1. The summed E-state index contributed by atoms with van der Waals surface area (Å²) < 4.78 is 13.0. The van der Waals surface area contributed by atoms with Crippen LogP contribution in [0.2, 0.25) is 0 Å². The fraction of sp³-hybridized carbons (Fsp3) is 0. The van der Waals surface area contributed by atoms with Crippen molar-refractivity contribution >= 4 is 12.0 Å². The summed E-state index contributed by atoms with van der Waals surface area (Å²) in [4.78, 5) is 10.8. The minimum Gasteiger partial charge on any atom is -0.269 e. The topological polar surface area (TPSA) is 52.9 Å². The largest absolute Gasteiger partial charge is 0.269 e. The molecule has 0 aliphatic rings. The first-order valence-corrected chi connectivity index (χ1v) is 3.85. The van der Waals surface area contributed by atoms with Gasteiger partial charge in [0.05, 0.1) is 0 Å². The number of nitrogens with one attached hydrogen (secondary N) is 1. The summed E-state index contributed by atoms with van der Waals surface area (Å²) in [6.07, 6.45) is 3.88. The maximum absolute atomic E-state index is 13.0. The second-order valence-electron chi connectivity index (χ2n) is 2.46. The zero-order chi connectivity index (χ0) is 10.4. The molecule has 0 atom stereocenters. The molecule has 0 aromatic heterocycles. The number of amides is 1. The molecule has 14 heavy (non-hydrogen) atoms. The van der Waals surface area contributed by atoms with E-state index in [4.69, 9.17) is 5.26 Å². The molecule has 70 valence electrons. The monoisotopic (exact) mass is 190 g/mol. The number of hydrogen-bond donors (Lipinski definition) is 1. The van der Waals surface area contributed by atoms with Gasteiger partial charge in [0.1, 0.15) is 5.82 Å². The highest BCUT2D eigenvalue weighted by Gasteiger charge is 1.96. The molecule has 0 saturated heterocycles. The molecule has 1 rings (SSSR count). The first kappa shape index (κ1) is 9.93. The van der Waals surface area contributed by atoms with Crippen LogP contribution in [0.4, 0.5) is 4.39 Å².